The molecule has 2 aromatic carbocycles. The van der Waals surface area contributed by atoms with Crippen LogP contribution in [0.5, 0.6) is 0 Å². The molecule has 0 saturated heterocycles. The van der Waals surface area contributed by atoms with Crippen LogP contribution in [0, 0.1) is 5.92 Å². The maximum absolute atomic E-state index is 11.7. The predicted octanol–water partition coefficient (Wildman–Crippen LogP) is 4.34. The molecule has 3 heteroatoms. The Bertz CT molecular complexity index is 554. The summed E-state index contributed by atoms with van der Waals surface area (Å²) >= 11 is 0. The first-order chi connectivity index (χ1) is 10.2. The molecule has 0 heterocycles. The number of nitrogens with one attached hydrogen (secondary N) is 1. The maximum Gasteiger partial charge on any atom is 0.308 e. The van der Waals surface area contributed by atoms with Gasteiger partial charge in [0.05, 0.1) is 12.0 Å². The summed E-state index contributed by atoms with van der Waals surface area (Å²) in [7, 11) is 0. The molecule has 0 aromatic heterocycles. The largest absolute Gasteiger partial charge is 0.481 e. The van der Waals surface area contributed by atoms with Gasteiger partial charge in [0.25, 0.3) is 0 Å². The quantitative estimate of drug-likeness (QED) is 0.794. The highest BCUT2D eigenvalue weighted by molar-refractivity contribution is 5.72. The average Bonchev–Trinajstić information content (AvgIpc) is 2.52. The van der Waals surface area contributed by atoms with Crippen molar-refractivity contribution in [1.29, 1.82) is 0 Å². The Morgan fingerprint density at radius 3 is 2.14 bits per heavy atom. The molecule has 0 radical (unpaired) electrons. The molecule has 0 aliphatic carbocycles. The summed E-state index contributed by atoms with van der Waals surface area (Å²) in [4.78, 5) is 11.7. The number of anilines is 1. The normalized spacial score (nSPS) is 13.4. The minimum Gasteiger partial charge on any atom is -0.481 e. The third-order valence-corrected chi connectivity index (χ3v) is 3.57. The van der Waals surface area contributed by atoms with E-state index in [1.165, 1.54) is 0 Å². The summed E-state index contributed by atoms with van der Waals surface area (Å²) in [6, 6.07) is 19.3. The van der Waals surface area contributed by atoms with E-state index in [0.29, 0.717) is 6.42 Å². The lowest BCUT2D eigenvalue weighted by atomic mass is 9.89. The third kappa shape index (κ3) is 4.09. The molecule has 0 bridgehead atoms. The van der Waals surface area contributed by atoms with Crippen LogP contribution in [0.1, 0.15) is 31.4 Å². The molecule has 0 aliphatic heterocycles. The van der Waals surface area contributed by atoms with Crippen LogP contribution in [0.15, 0.2) is 60.7 Å². The Balaban J connectivity index is 2.31. The highest BCUT2D eigenvalue weighted by Crippen LogP contribution is 2.30. The molecule has 21 heavy (non-hydrogen) atoms. The molecule has 0 unspecified atom stereocenters. The average molecular weight is 283 g/mol. The Morgan fingerprint density at radius 1 is 1.05 bits per heavy atom. The number of carbonyl (C=O) groups is 1. The number of aliphatic carboxylic acids is 1. The summed E-state index contributed by atoms with van der Waals surface area (Å²) in [6.07, 6.45) is 1.49. The topological polar surface area (TPSA) is 49.3 Å². The minimum atomic E-state index is -0.755. The van der Waals surface area contributed by atoms with E-state index in [2.05, 4.69) is 5.32 Å². The molecule has 3 nitrogen and oxygen atoms in total. The van der Waals surface area contributed by atoms with E-state index >= 15 is 0 Å². The van der Waals surface area contributed by atoms with Gasteiger partial charge in [0.15, 0.2) is 0 Å². The number of para-hydroxylation sites is 1. The van der Waals surface area contributed by atoms with Gasteiger partial charge >= 0.3 is 5.97 Å². The summed E-state index contributed by atoms with van der Waals surface area (Å²) in [5, 5.41) is 13.0. The molecule has 2 rings (SSSR count). The molecule has 110 valence electrons. The third-order valence-electron chi connectivity index (χ3n) is 3.57. The molecule has 0 spiro atoms. The molecular weight excluding hydrogens is 262 g/mol. The van der Waals surface area contributed by atoms with E-state index in [-0.39, 0.29) is 6.04 Å². The number of hydrogen-bond donors (Lipinski definition) is 2. The number of carboxylic acid groups (broad SMARTS) is 1. The highest BCUT2D eigenvalue weighted by Gasteiger charge is 2.28. The monoisotopic (exact) mass is 283 g/mol. The number of rotatable bonds is 7. The highest BCUT2D eigenvalue weighted by atomic mass is 16.4. The van der Waals surface area contributed by atoms with Crippen LogP contribution in [-0.2, 0) is 4.79 Å². The van der Waals surface area contributed by atoms with Crippen molar-refractivity contribution < 1.29 is 9.90 Å². The second-order valence-electron chi connectivity index (χ2n) is 5.13. The van der Waals surface area contributed by atoms with Gasteiger partial charge in [0.2, 0.25) is 0 Å². The van der Waals surface area contributed by atoms with E-state index in [1.807, 2.05) is 67.6 Å². The number of carboxylic acids is 1. The van der Waals surface area contributed by atoms with Gasteiger partial charge in [-0.05, 0) is 24.1 Å². The van der Waals surface area contributed by atoms with Gasteiger partial charge in [-0.15, -0.1) is 0 Å². The van der Waals surface area contributed by atoms with Crippen molar-refractivity contribution in [3.05, 3.63) is 66.2 Å². The van der Waals surface area contributed by atoms with Gasteiger partial charge in [0.1, 0.15) is 0 Å². The van der Waals surface area contributed by atoms with Crippen LogP contribution in [0.25, 0.3) is 0 Å². The lowest BCUT2D eigenvalue weighted by Gasteiger charge is -2.26. The fourth-order valence-corrected chi connectivity index (χ4v) is 2.53. The van der Waals surface area contributed by atoms with Crippen LogP contribution in [0.3, 0.4) is 0 Å². The van der Waals surface area contributed by atoms with Crippen LogP contribution in [0.4, 0.5) is 5.69 Å². The van der Waals surface area contributed by atoms with Crippen molar-refractivity contribution in [1.82, 2.24) is 0 Å². The Labute approximate surface area is 125 Å². The van der Waals surface area contributed by atoms with Gasteiger partial charge in [-0.25, -0.2) is 0 Å². The molecule has 2 atom stereocenters. The first kappa shape index (κ1) is 15.1. The van der Waals surface area contributed by atoms with Crippen LogP contribution in [-0.4, -0.2) is 11.1 Å². The zero-order valence-corrected chi connectivity index (χ0v) is 12.2. The van der Waals surface area contributed by atoms with Gasteiger partial charge in [-0.2, -0.15) is 0 Å². The zero-order valence-electron chi connectivity index (χ0n) is 12.2. The maximum atomic E-state index is 11.7. The summed E-state index contributed by atoms with van der Waals surface area (Å²) in [6.45, 7) is 2.01. The molecule has 2 aromatic rings. The predicted molar refractivity (Wildman–Crippen MR) is 85.3 cm³/mol. The fourth-order valence-electron chi connectivity index (χ4n) is 2.53. The van der Waals surface area contributed by atoms with Crippen LogP contribution >= 0.6 is 0 Å². The van der Waals surface area contributed by atoms with Crippen molar-refractivity contribution in [2.24, 2.45) is 5.92 Å². The fraction of sp³-hybridized carbons (Fsp3) is 0.278. The van der Waals surface area contributed by atoms with E-state index < -0.39 is 11.9 Å². The van der Waals surface area contributed by atoms with Crippen LogP contribution in [0.2, 0.25) is 0 Å². The molecule has 0 amide bonds. The second-order valence-corrected chi connectivity index (χ2v) is 5.13. The van der Waals surface area contributed by atoms with Gasteiger partial charge in [0, 0.05) is 5.69 Å². The van der Waals surface area contributed by atoms with Crippen molar-refractivity contribution in [2.75, 3.05) is 5.32 Å². The Kier molecular flexibility index (Phi) is 5.38. The molecule has 0 saturated carbocycles. The standard InChI is InChI=1S/C18H21NO2/c1-2-9-16(18(20)21)17(14-10-5-3-6-11-14)19-15-12-7-4-8-13-15/h3-8,10-13,16-17,19H,2,9H2,1H3,(H,20,21)/t16-,17-/m0/s1. The Hall–Kier alpha value is -2.29. The molecule has 0 aliphatic rings. The number of benzene rings is 2. The summed E-state index contributed by atoms with van der Waals surface area (Å²) in [5.74, 6) is -1.20. The van der Waals surface area contributed by atoms with Gasteiger partial charge in [-0.3, -0.25) is 4.79 Å². The second kappa shape index (κ2) is 7.48. The Morgan fingerprint density at radius 2 is 1.62 bits per heavy atom. The van der Waals surface area contributed by atoms with Gasteiger partial charge < -0.3 is 10.4 Å². The lowest BCUT2D eigenvalue weighted by Crippen LogP contribution is -2.27. The van der Waals surface area contributed by atoms with E-state index in [1.54, 1.807) is 0 Å². The van der Waals surface area contributed by atoms with Crippen molar-refractivity contribution >= 4 is 11.7 Å². The minimum absolute atomic E-state index is 0.231. The summed E-state index contributed by atoms with van der Waals surface area (Å²) < 4.78 is 0. The van der Waals surface area contributed by atoms with E-state index in [0.717, 1.165) is 17.7 Å². The lowest BCUT2D eigenvalue weighted by molar-refractivity contribution is -0.142. The zero-order chi connectivity index (χ0) is 15.1. The SMILES string of the molecule is CCC[C@H](C(=O)O)[C@@H](Nc1ccccc1)c1ccccc1. The summed E-state index contributed by atoms with van der Waals surface area (Å²) in [5.41, 5.74) is 1.94. The molecular formula is C18H21NO2. The number of hydrogen-bond acceptors (Lipinski definition) is 2. The van der Waals surface area contributed by atoms with E-state index in [4.69, 9.17) is 0 Å². The van der Waals surface area contributed by atoms with Crippen molar-refractivity contribution in [3.63, 3.8) is 0 Å². The van der Waals surface area contributed by atoms with Crippen molar-refractivity contribution in [3.8, 4) is 0 Å². The first-order valence-corrected chi connectivity index (χ1v) is 7.31. The molecule has 2 N–H and O–H groups in total. The van der Waals surface area contributed by atoms with E-state index in [9.17, 15) is 9.90 Å². The van der Waals surface area contributed by atoms with Gasteiger partial charge in [-0.1, -0.05) is 61.9 Å². The first-order valence-electron chi connectivity index (χ1n) is 7.31. The van der Waals surface area contributed by atoms with Crippen molar-refractivity contribution in [2.45, 2.75) is 25.8 Å². The molecule has 0 fully saturated rings. The van der Waals surface area contributed by atoms with Crippen LogP contribution < -0.4 is 5.32 Å². The smallest absolute Gasteiger partial charge is 0.308 e.